The van der Waals surface area contributed by atoms with Crippen molar-refractivity contribution in [3.63, 3.8) is 0 Å². The van der Waals surface area contributed by atoms with Gasteiger partial charge in [0.25, 0.3) is 11.8 Å². The summed E-state index contributed by atoms with van der Waals surface area (Å²) in [5.74, 6) is 6.02. The van der Waals surface area contributed by atoms with Gasteiger partial charge in [0.2, 0.25) is 0 Å². The Morgan fingerprint density at radius 1 is 1.08 bits per heavy atom. The number of likely N-dealkylation sites (N-methyl/N-ethyl adjacent to an activating group) is 1. The van der Waals surface area contributed by atoms with Crippen molar-refractivity contribution >= 4 is 17.5 Å². The molecule has 0 unspecified atom stereocenters. The van der Waals surface area contributed by atoms with E-state index in [1.54, 1.807) is 42.5 Å². The highest BCUT2D eigenvalue weighted by Crippen LogP contribution is 2.31. The number of nitrogens with one attached hydrogen (secondary N) is 1. The fraction of sp³-hybridized carbons (Fsp3) is 0.143. The molecule has 1 aliphatic heterocycles. The molecule has 0 saturated heterocycles. The van der Waals surface area contributed by atoms with Gasteiger partial charge in [-0.05, 0) is 35.9 Å². The van der Waals surface area contributed by atoms with Crippen LogP contribution in [0, 0.1) is 11.8 Å². The van der Waals surface area contributed by atoms with Gasteiger partial charge < -0.3 is 15.0 Å². The van der Waals surface area contributed by atoms with Crippen LogP contribution in [-0.4, -0.2) is 46.3 Å². The van der Waals surface area contributed by atoms with E-state index in [2.05, 4.69) is 27.2 Å². The molecule has 1 N–H and O–H groups in total. The molecule has 2 amide bonds. The molecule has 4 aromatic rings. The number of fused-ring (bicyclic) bond motifs is 1. The summed E-state index contributed by atoms with van der Waals surface area (Å²) >= 11 is 0. The first-order valence-corrected chi connectivity index (χ1v) is 11.4. The molecular weight excluding hydrogens is 454 g/mol. The van der Waals surface area contributed by atoms with Crippen LogP contribution in [0.4, 0.5) is 5.69 Å². The monoisotopic (exact) mass is 477 g/mol. The van der Waals surface area contributed by atoms with Crippen LogP contribution in [0.25, 0.3) is 0 Å². The third-order valence-corrected chi connectivity index (χ3v) is 5.76. The van der Waals surface area contributed by atoms with E-state index in [1.807, 2.05) is 48.5 Å². The summed E-state index contributed by atoms with van der Waals surface area (Å²) in [6.45, 7) is 0.560. The summed E-state index contributed by atoms with van der Waals surface area (Å²) in [5.41, 5.74) is 3.56. The van der Waals surface area contributed by atoms with Gasteiger partial charge in [0.05, 0.1) is 24.0 Å². The van der Waals surface area contributed by atoms with Crippen LogP contribution in [0.1, 0.15) is 27.0 Å². The highest BCUT2D eigenvalue weighted by atomic mass is 16.5. The van der Waals surface area contributed by atoms with Gasteiger partial charge in [-0.15, -0.1) is 0 Å². The average Bonchev–Trinajstić information content (AvgIpc) is 3.35. The van der Waals surface area contributed by atoms with Crippen molar-refractivity contribution in [2.75, 3.05) is 18.6 Å². The number of rotatable bonds is 4. The van der Waals surface area contributed by atoms with E-state index in [4.69, 9.17) is 4.74 Å². The maximum atomic E-state index is 13.2. The topological polar surface area (TPSA) is 89.4 Å². The van der Waals surface area contributed by atoms with Crippen LogP contribution in [0.2, 0.25) is 0 Å². The molecule has 0 saturated carbocycles. The number of amides is 2. The number of hydrogen-bond acceptors (Lipinski definition) is 5. The van der Waals surface area contributed by atoms with Crippen LogP contribution in [0.15, 0.2) is 85.5 Å². The summed E-state index contributed by atoms with van der Waals surface area (Å²) in [6, 6.07) is 18.1. The molecule has 0 bridgehead atoms. The maximum absolute atomic E-state index is 13.2. The minimum absolute atomic E-state index is 0.0147. The van der Waals surface area contributed by atoms with Gasteiger partial charge >= 0.3 is 0 Å². The van der Waals surface area contributed by atoms with Crippen molar-refractivity contribution in [1.82, 2.24) is 20.1 Å². The maximum Gasteiger partial charge on any atom is 0.255 e. The number of ether oxygens (including phenoxy) is 1. The molecule has 0 fully saturated rings. The molecule has 0 spiro atoms. The summed E-state index contributed by atoms with van der Waals surface area (Å²) in [4.78, 5) is 31.6. The minimum Gasteiger partial charge on any atom is -0.489 e. The smallest absolute Gasteiger partial charge is 0.255 e. The fourth-order valence-electron chi connectivity index (χ4n) is 3.84. The van der Waals surface area contributed by atoms with Gasteiger partial charge in [-0.2, -0.15) is 5.10 Å². The van der Waals surface area contributed by atoms with Crippen LogP contribution in [-0.2, 0) is 11.3 Å². The van der Waals surface area contributed by atoms with Crippen molar-refractivity contribution in [2.24, 2.45) is 0 Å². The highest BCUT2D eigenvalue weighted by molar-refractivity contribution is 6.03. The first-order chi connectivity index (χ1) is 17.6. The number of benzene rings is 2. The Morgan fingerprint density at radius 3 is 2.72 bits per heavy atom. The van der Waals surface area contributed by atoms with Crippen LogP contribution in [0.5, 0.6) is 5.75 Å². The standard InChI is InChI=1S/C28H23N5O3/c1-32-25-14-20(9-10-21-8-5-13-29-15-21)11-12-26(25)36-19-24(28(32)35)31-27(34)23-16-30-33(18-23)17-22-6-3-2-4-7-22/h2-8,11-16,18,24H,17,19H2,1H3,(H,31,34)/t24-/m0/s1. The van der Waals surface area contributed by atoms with Crippen molar-refractivity contribution in [2.45, 2.75) is 12.6 Å². The molecule has 0 radical (unpaired) electrons. The molecule has 36 heavy (non-hydrogen) atoms. The number of carbonyl (C=O) groups excluding carboxylic acids is 2. The molecule has 2 aromatic heterocycles. The molecule has 1 aliphatic rings. The second-order valence-electron chi connectivity index (χ2n) is 8.32. The lowest BCUT2D eigenvalue weighted by atomic mass is 10.1. The van der Waals surface area contributed by atoms with Crippen molar-refractivity contribution < 1.29 is 14.3 Å². The van der Waals surface area contributed by atoms with E-state index < -0.39 is 11.9 Å². The predicted octanol–water partition coefficient (Wildman–Crippen LogP) is 2.88. The second kappa shape index (κ2) is 10.2. The number of aromatic nitrogens is 3. The van der Waals surface area contributed by atoms with Crippen molar-refractivity contribution in [1.29, 1.82) is 0 Å². The first-order valence-electron chi connectivity index (χ1n) is 11.4. The lowest BCUT2D eigenvalue weighted by Gasteiger charge is -2.20. The molecular formula is C28H23N5O3. The van der Waals surface area contributed by atoms with E-state index in [-0.39, 0.29) is 12.5 Å². The molecule has 5 rings (SSSR count). The van der Waals surface area contributed by atoms with Crippen LogP contribution in [0.3, 0.4) is 0 Å². The number of carbonyl (C=O) groups is 2. The SMILES string of the molecule is CN1C(=O)[C@@H](NC(=O)c2cnn(Cc3ccccc3)c2)COc2ccc(C#Cc3cccnc3)cc21. The third-order valence-electron chi connectivity index (χ3n) is 5.76. The number of anilines is 1. The summed E-state index contributed by atoms with van der Waals surface area (Å²) in [5, 5.41) is 7.06. The molecule has 0 aliphatic carbocycles. The van der Waals surface area contributed by atoms with E-state index >= 15 is 0 Å². The van der Waals surface area contributed by atoms with Crippen molar-refractivity contribution in [3.8, 4) is 17.6 Å². The van der Waals surface area contributed by atoms with Crippen LogP contribution < -0.4 is 15.0 Å². The van der Waals surface area contributed by atoms with Gasteiger partial charge in [0.1, 0.15) is 18.4 Å². The predicted molar refractivity (Wildman–Crippen MR) is 135 cm³/mol. The lowest BCUT2D eigenvalue weighted by molar-refractivity contribution is -0.120. The average molecular weight is 478 g/mol. The second-order valence-corrected chi connectivity index (χ2v) is 8.32. The zero-order chi connectivity index (χ0) is 24.9. The van der Waals surface area contributed by atoms with Gasteiger partial charge in [-0.25, -0.2) is 0 Å². The fourth-order valence-corrected chi connectivity index (χ4v) is 3.84. The molecule has 8 heteroatoms. The zero-order valence-electron chi connectivity index (χ0n) is 19.6. The molecule has 1 atom stereocenters. The Hall–Kier alpha value is -4.90. The quantitative estimate of drug-likeness (QED) is 0.457. The van der Waals surface area contributed by atoms with E-state index in [9.17, 15) is 9.59 Å². The van der Waals surface area contributed by atoms with Gasteiger partial charge in [0.15, 0.2) is 0 Å². The normalized spacial score (nSPS) is 14.6. The number of nitrogens with zero attached hydrogens (tertiary/aromatic N) is 4. The lowest BCUT2D eigenvalue weighted by Crippen LogP contribution is -2.49. The Morgan fingerprint density at radius 2 is 1.92 bits per heavy atom. The minimum atomic E-state index is -0.850. The Balaban J connectivity index is 1.28. The van der Waals surface area contributed by atoms with Crippen LogP contribution >= 0.6 is 0 Å². The Kier molecular flexibility index (Phi) is 6.45. The largest absolute Gasteiger partial charge is 0.489 e. The van der Waals surface area contributed by atoms with Gasteiger partial charge in [-0.1, -0.05) is 42.2 Å². The summed E-state index contributed by atoms with van der Waals surface area (Å²) in [6.07, 6.45) is 6.54. The highest BCUT2D eigenvalue weighted by Gasteiger charge is 2.31. The summed E-state index contributed by atoms with van der Waals surface area (Å²) < 4.78 is 7.57. The van der Waals surface area contributed by atoms with E-state index in [0.29, 0.717) is 23.5 Å². The number of pyridine rings is 1. The zero-order valence-corrected chi connectivity index (χ0v) is 19.6. The summed E-state index contributed by atoms with van der Waals surface area (Å²) in [7, 11) is 1.66. The van der Waals surface area contributed by atoms with E-state index in [0.717, 1.165) is 16.7 Å². The Labute approximate surface area is 208 Å². The van der Waals surface area contributed by atoms with Gasteiger partial charge in [0, 0.05) is 36.8 Å². The molecule has 8 nitrogen and oxygen atoms in total. The number of hydrogen-bond donors (Lipinski definition) is 1. The Bertz CT molecular complexity index is 1450. The first kappa shape index (κ1) is 22.9. The van der Waals surface area contributed by atoms with Gasteiger partial charge in [-0.3, -0.25) is 19.3 Å². The molecule has 2 aromatic carbocycles. The van der Waals surface area contributed by atoms with Crippen molar-refractivity contribution in [3.05, 3.63) is 108 Å². The third kappa shape index (κ3) is 5.10. The molecule has 3 heterocycles. The molecule has 178 valence electrons. The van der Waals surface area contributed by atoms with E-state index in [1.165, 1.54) is 11.1 Å².